The van der Waals surface area contributed by atoms with Crippen molar-refractivity contribution in [2.45, 2.75) is 12.0 Å². The van der Waals surface area contributed by atoms with Crippen molar-refractivity contribution in [3.63, 3.8) is 0 Å². The number of carbonyl (C=O) groups excluding carboxylic acids is 1. The zero-order valence-electron chi connectivity index (χ0n) is 9.45. The average Bonchev–Trinajstić information content (AvgIpc) is 2.30. The highest BCUT2D eigenvalue weighted by Gasteiger charge is 2.35. The van der Waals surface area contributed by atoms with Crippen LogP contribution in [0.25, 0.3) is 0 Å². The minimum Gasteiger partial charge on any atom is -0.480 e. The van der Waals surface area contributed by atoms with Gasteiger partial charge in [0.1, 0.15) is 11.8 Å². The Morgan fingerprint density at radius 3 is 2.33 bits per heavy atom. The Hall–Kier alpha value is -1.92. The summed E-state index contributed by atoms with van der Waals surface area (Å²) < 4.78 is 0. The van der Waals surface area contributed by atoms with Gasteiger partial charge in [0.15, 0.2) is 0 Å². The van der Waals surface area contributed by atoms with Crippen molar-refractivity contribution in [3.05, 3.63) is 35.4 Å². The Morgan fingerprint density at radius 2 is 1.94 bits per heavy atom. The van der Waals surface area contributed by atoms with Gasteiger partial charge in [-0.15, -0.1) is 12.4 Å². The van der Waals surface area contributed by atoms with Crippen LogP contribution in [0.4, 0.5) is 0 Å². The monoisotopic (exact) mass is 271 g/mol. The van der Waals surface area contributed by atoms with Gasteiger partial charge in [-0.1, -0.05) is 24.3 Å². The number of carboxylic acids is 1. The number of nitrogens with zero attached hydrogens (tertiary/aromatic N) is 1. The largest absolute Gasteiger partial charge is 0.480 e. The summed E-state index contributed by atoms with van der Waals surface area (Å²) in [4.78, 5) is 21.6. The number of nitrogens with two attached hydrogens (primary N) is 2. The van der Waals surface area contributed by atoms with Crippen molar-refractivity contribution < 1.29 is 14.7 Å². The lowest BCUT2D eigenvalue weighted by molar-refractivity contribution is -0.144. The van der Waals surface area contributed by atoms with Gasteiger partial charge >= 0.3 is 5.97 Å². The van der Waals surface area contributed by atoms with Gasteiger partial charge in [-0.3, -0.25) is 0 Å². The van der Waals surface area contributed by atoms with Crippen LogP contribution >= 0.6 is 12.4 Å². The van der Waals surface area contributed by atoms with E-state index in [1.54, 1.807) is 12.1 Å². The van der Waals surface area contributed by atoms with E-state index in [1.165, 1.54) is 18.3 Å². The molecule has 1 atom stereocenters. The van der Waals surface area contributed by atoms with Crippen LogP contribution < -0.4 is 11.6 Å². The van der Waals surface area contributed by atoms with Crippen LogP contribution in [-0.4, -0.2) is 23.6 Å². The van der Waals surface area contributed by atoms with E-state index in [0.29, 0.717) is 11.8 Å². The number of aliphatic carboxylic acids is 1. The molecule has 1 aromatic carbocycles. The summed E-state index contributed by atoms with van der Waals surface area (Å²) >= 11 is 0. The Bertz CT molecular complexity index is 447. The molecule has 0 fully saturated rings. The third-order valence-electron chi connectivity index (χ3n) is 2.44. The molecule has 0 aliphatic heterocycles. The first-order chi connectivity index (χ1) is 8.04. The lowest BCUT2D eigenvalue weighted by Crippen LogP contribution is -2.45. The van der Waals surface area contributed by atoms with Gasteiger partial charge in [0.25, 0.3) is 0 Å². The zero-order valence-corrected chi connectivity index (χ0v) is 10.3. The predicted molar refractivity (Wildman–Crippen MR) is 69.7 cm³/mol. The number of carbonyl (C=O) groups is 2. The van der Waals surface area contributed by atoms with E-state index in [-0.39, 0.29) is 18.8 Å². The first-order valence-corrected chi connectivity index (χ1v) is 4.84. The van der Waals surface area contributed by atoms with E-state index < -0.39 is 11.5 Å². The molecule has 98 valence electrons. The fourth-order valence-corrected chi connectivity index (χ4v) is 1.41. The Morgan fingerprint density at radius 1 is 1.39 bits per heavy atom. The summed E-state index contributed by atoms with van der Waals surface area (Å²) in [5.41, 5.74) is 5.08. The fraction of sp³-hybridized carbons (Fsp3) is 0.182. The van der Waals surface area contributed by atoms with Crippen LogP contribution in [0.1, 0.15) is 17.5 Å². The van der Waals surface area contributed by atoms with Gasteiger partial charge in [-0.2, -0.15) is 5.10 Å². The molecule has 0 aromatic heterocycles. The number of halogens is 1. The average molecular weight is 272 g/mol. The Labute approximate surface area is 110 Å². The normalized spacial score (nSPS) is 13.6. The van der Waals surface area contributed by atoms with E-state index in [4.69, 9.17) is 16.7 Å². The standard InChI is InChI=1S/C11H13N3O3.ClH/c12-11(5-6-15,10(16)17)9-3-1-8(2-4-9)7-14-13;/h1-4,6-7H,5,12-13H2,(H,16,17);1H. The second kappa shape index (κ2) is 6.73. The van der Waals surface area contributed by atoms with Crippen LogP contribution in [0.2, 0.25) is 0 Å². The van der Waals surface area contributed by atoms with E-state index in [1.807, 2.05) is 0 Å². The third kappa shape index (κ3) is 3.28. The van der Waals surface area contributed by atoms with Gasteiger partial charge in [0, 0.05) is 6.42 Å². The maximum Gasteiger partial charge on any atom is 0.328 e. The van der Waals surface area contributed by atoms with Gasteiger partial charge in [-0.05, 0) is 11.1 Å². The molecule has 0 aliphatic rings. The second-order valence-corrected chi connectivity index (χ2v) is 3.55. The van der Waals surface area contributed by atoms with Crippen LogP contribution in [0.15, 0.2) is 29.4 Å². The molecule has 6 nitrogen and oxygen atoms in total. The van der Waals surface area contributed by atoms with Crippen molar-refractivity contribution in [3.8, 4) is 0 Å². The minimum atomic E-state index is -1.69. The highest BCUT2D eigenvalue weighted by atomic mass is 35.5. The topological polar surface area (TPSA) is 119 Å². The summed E-state index contributed by atoms with van der Waals surface area (Å²) in [6.45, 7) is 0. The number of hydrogen-bond acceptors (Lipinski definition) is 5. The van der Waals surface area contributed by atoms with Crippen molar-refractivity contribution in [1.29, 1.82) is 0 Å². The molecule has 0 radical (unpaired) electrons. The molecule has 5 N–H and O–H groups in total. The predicted octanol–water partition coefficient (Wildman–Crippen LogP) is 0.229. The number of aldehydes is 1. The molecule has 1 rings (SSSR count). The van der Waals surface area contributed by atoms with E-state index in [2.05, 4.69) is 5.10 Å². The van der Waals surface area contributed by atoms with E-state index in [0.717, 1.165) is 5.56 Å². The molecule has 1 unspecified atom stereocenters. The molecule has 18 heavy (non-hydrogen) atoms. The summed E-state index contributed by atoms with van der Waals surface area (Å²) in [7, 11) is 0. The van der Waals surface area contributed by atoms with Crippen LogP contribution in [0.5, 0.6) is 0 Å². The zero-order chi connectivity index (χ0) is 12.9. The molecule has 0 saturated carbocycles. The van der Waals surface area contributed by atoms with E-state index >= 15 is 0 Å². The molecule has 0 spiro atoms. The molecule has 7 heteroatoms. The van der Waals surface area contributed by atoms with Crippen molar-refractivity contribution >= 4 is 30.9 Å². The van der Waals surface area contributed by atoms with Crippen molar-refractivity contribution in [2.24, 2.45) is 16.7 Å². The lowest BCUT2D eigenvalue weighted by Gasteiger charge is -2.22. The lowest BCUT2D eigenvalue weighted by atomic mass is 9.88. The Kier molecular flexibility index (Phi) is 6.01. The van der Waals surface area contributed by atoms with Crippen LogP contribution in [0, 0.1) is 0 Å². The summed E-state index contributed by atoms with van der Waals surface area (Å²) in [6, 6.07) is 6.32. The summed E-state index contributed by atoms with van der Waals surface area (Å²) in [5.74, 6) is 3.74. The molecule has 0 bridgehead atoms. The first kappa shape index (κ1) is 16.1. The van der Waals surface area contributed by atoms with Crippen molar-refractivity contribution in [1.82, 2.24) is 0 Å². The van der Waals surface area contributed by atoms with Gasteiger partial charge < -0.3 is 21.5 Å². The van der Waals surface area contributed by atoms with Gasteiger partial charge in [0.05, 0.1) is 6.21 Å². The molecule has 0 saturated heterocycles. The van der Waals surface area contributed by atoms with Crippen LogP contribution in [0.3, 0.4) is 0 Å². The molecule has 1 aromatic rings. The third-order valence-corrected chi connectivity index (χ3v) is 2.44. The van der Waals surface area contributed by atoms with Crippen molar-refractivity contribution in [2.75, 3.05) is 0 Å². The number of carboxylic acid groups (broad SMARTS) is 1. The number of hydrazone groups is 1. The smallest absolute Gasteiger partial charge is 0.328 e. The molecule has 0 heterocycles. The molecule has 0 amide bonds. The van der Waals surface area contributed by atoms with Gasteiger partial charge in [-0.25, -0.2) is 4.79 Å². The highest BCUT2D eigenvalue weighted by Crippen LogP contribution is 2.21. The van der Waals surface area contributed by atoms with Gasteiger partial charge in [0.2, 0.25) is 0 Å². The first-order valence-electron chi connectivity index (χ1n) is 4.84. The second-order valence-electron chi connectivity index (χ2n) is 3.55. The number of benzene rings is 1. The quantitative estimate of drug-likeness (QED) is 0.306. The summed E-state index contributed by atoms with van der Waals surface area (Å²) in [6.07, 6.45) is 1.62. The SMILES string of the molecule is Cl.NN=Cc1ccc(C(N)(CC=O)C(=O)O)cc1. The van der Waals surface area contributed by atoms with E-state index in [9.17, 15) is 9.59 Å². The summed E-state index contributed by atoms with van der Waals surface area (Å²) in [5, 5.41) is 12.4. The number of rotatable bonds is 5. The maximum atomic E-state index is 11.1. The Balaban J connectivity index is 0.00000289. The highest BCUT2D eigenvalue weighted by molar-refractivity contribution is 5.85. The molecule has 0 aliphatic carbocycles. The van der Waals surface area contributed by atoms with Crippen LogP contribution in [-0.2, 0) is 15.1 Å². The minimum absolute atomic E-state index is 0. The fourth-order valence-electron chi connectivity index (χ4n) is 1.41. The molecular weight excluding hydrogens is 258 g/mol. The maximum absolute atomic E-state index is 11.1. The number of hydrogen-bond donors (Lipinski definition) is 3. The molecular formula is C11H14ClN3O3.